The largest absolute Gasteiger partial charge is 0.381 e. The minimum atomic E-state index is 0.420. The van der Waals surface area contributed by atoms with Crippen molar-refractivity contribution in [2.75, 3.05) is 49.6 Å². The minimum absolute atomic E-state index is 0.420. The van der Waals surface area contributed by atoms with Crippen molar-refractivity contribution in [2.24, 2.45) is 0 Å². The Kier molecular flexibility index (Phi) is 6.07. The molecule has 31 heavy (non-hydrogen) atoms. The van der Waals surface area contributed by atoms with Crippen molar-refractivity contribution < 1.29 is 4.74 Å². The van der Waals surface area contributed by atoms with Gasteiger partial charge in [0.1, 0.15) is 16.5 Å². The summed E-state index contributed by atoms with van der Waals surface area (Å²) in [4.78, 5) is 17.5. The predicted octanol–water partition coefficient (Wildman–Crippen LogP) is 4.22. The molecule has 5 rings (SSSR count). The summed E-state index contributed by atoms with van der Waals surface area (Å²) < 4.78 is 5.51. The van der Waals surface area contributed by atoms with Gasteiger partial charge in [-0.2, -0.15) is 0 Å². The number of piperidine rings is 1. The Morgan fingerprint density at radius 3 is 2.71 bits per heavy atom. The average Bonchev–Trinajstić information content (AvgIpc) is 3.08. The number of nitrogens with one attached hydrogen (secondary N) is 1. The van der Waals surface area contributed by atoms with Crippen LogP contribution in [0.25, 0.3) is 10.2 Å². The summed E-state index contributed by atoms with van der Waals surface area (Å²) >= 11 is 1.80. The maximum absolute atomic E-state index is 5.51. The van der Waals surface area contributed by atoms with E-state index in [-0.39, 0.29) is 0 Å². The van der Waals surface area contributed by atoms with Crippen LogP contribution in [0.2, 0.25) is 0 Å². The number of aromatic nitrogens is 2. The molecule has 0 aliphatic carbocycles. The van der Waals surface area contributed by atoms with Gasteiger partial charge in [0.15, 0.2) is 0 Å². The summed E-state index contributed by atoms with van der Waals surface area (Å²) in [6.07, 6.45) is 2.35. The zero-order valence-electron chi connectivity index (χ0n) is 18.4. The van der Waals surface area contributed by atoms with Crippen molar-refractivity contribution >= 4 is 33.1 Å². The molecule has 2 fully saturated rings. The van der Waals surface area contributed by atoms with Crippen molar-refractivity contribution in [1.82, 2.24) is 14.9 Å². The van der Waals surface area contributed by atoms with E-state index in [0.717, 1.165) is 68.8 Å². The fourth-order valence-corrected chi connectivity index (χ4v) is 5.63. The molecule has 3 aromatic rings. The van der Waals surface area contributed by atoms with Gasteiger partial charge in [0.05, 0.1) is 25.1 Å². The molecule has 2 aliphatic heterocycles. The molecule has 0 radical (unpaired) electrons. The Morgan fingerprint density at radius 2 is 1.90 bits per heavy atom. The molecule has 2 aromatic heterocycles. The number of thiophene rings is 1. The van der Waals surface area contributed by atoms with Crippen LogP contribution in [0.3, 0.4) is 0 Å². The van der Waals surface area contributed by atoms with Crippen molar-refractivity contribution in [3.8, 4) is 0 Å². The Labute approximate surface area is 188 Å². The van der Waals surface area contributed by atoms with Gasteiger partial charge in [-0.1, -0.05) is 18.2 Å². The van der Waals surface area contributed by atoms with Crippen LogP contribution in [0.5, 0.6) is 0 Å². The van der Waals surface area contributed by atoms with Crippen LogP contribution in [0.4, 0.5) is 11.5 Å². The average molecular weight is 438 g/mol. The molecule has 2 saturated heterocycles. The lowest BCUT2D eigenvalue weighted by molar-refractivity contribution is 0.0331. The Hall–Kier alpha value is -2.22. The normalized spacial score (nSPS) is 20.3. The number of nitrogens with zero attached hydrogens (tertiary/aromatic N) is 4. The highest BCUT2D eigenvalue weighted by atomic mass is 32.1. The topological polar surface area (TPSA) is 53.5 Å². The van der Waals surface area contributed by atoms with Crippen molar-refractivity contribution in [1.29, 1.82) is 0 Å². The van der Waals surface area contributed by atoms with E-state index in [2.05, 4.69) is 59.3 Å². The number of ether oxygens (including phenoxy) is 1. The zero-order valence-corrected chi connectivity index (χ0v) is 19.2. The number of morpholine rings is 1. The minimum Gasteiger partial charge on any atom is -0.381 e. The van der Waals surface area contributed by atoms with Crippen LogP contribution in [0, 0.1) is 13.8 Å². The van der Waals surface area contributed by atoms with Crippen LogP contribution in [0.15, 0.2) is 30.3 Å². The first kappa shape index (κ1) is 20.7. The van der Waals surface area contributed by atoms with Crippen LogP contribution < -0.4 is 10.2 Å². The fraction of sp³-hybridized carbons (Fsp3) is 0.500. The van der Waals surface area contributed by atoms with E-state index in [1.165, 1.54) is 27.9 Å². The maximum Gasteiger partial charge on any atom is 0.146 e. The van der Waals surface area contributed by atoms with Crippen molar-refractivity contribution in [3.05, 3.63) is 46.6 Å². The van der Waals surface area contributed by atoms with E-state index in [9.17, 15) is 0 Å². The molecule has 4 heterocycles. The Morgan fingerprint density at radius 1 is 1.10 bits per heavy atom. The molecule has 1 N–H and O–H groups in total. The molecule has 1 aromatic carbocycles. The van der Waals surface area contributed by atoms with Gasteiger partial charge in [-0.25, -0.2) is 9.97 Å². The number of para-hydroxylation sites is 1. The van der Waals surface area contributed by atoms with E-state index in [1.807, 2.05) is 0 Å². The molecular weight excluding hydrogens is 406 g/mol. The number of anilines is 2. The summed E-state index contributed by atoms with van der Waals surface area (Å²) in [5.41, 5.74) is 2.52. The molecule has 0 spiro atoms. The number of benzene rings is 1. The quantitative estimate of drug-likeness (QED) is 0.645. The molecule has 0 amide bonds. The number of rotatable bonds is 5. The highest BCUT2D eigenvalue weighted by Gasteiger charge is 2.25. The van der Waals surface area contributed by atoms with Gasteiger partial charge >= 0.3 is 0 Å². The number of hydrogen-bond acceptors (Lipinski definition) is 7. The van der Waals surface area contributed by atoms with Gasteiger partial charge in [0, 0.05) is 42.8 Å². The SMILES string of the molecule is Cc1sc2nc(CN3CCOCC3)nc(N3CCCC(Nc4ccccc4)C3)c2c1C. The second-order valence-corrected chi connectivity index (χ2v) is 9.81. The molecule has 1 atom stereocenters. The third kappa shape index (κ3) is 4.54. The first-order chi connectivity index (χ1) is 15.2. The summed E-state index contributed by atoms with van der Waals surface area (Å²) in [6, 6.07) is 11.0. The molecule has 7 heteroatoms. The van der Waals surface area contributed by atoms with E-state index in [1.54, 1.807) is 11.3 Å². The van der Waals surface area contributed by atoms with Crippen LogP contribution in [-0.2, 0) is 11.3 Å². The lowest BCUT2D eigenvalue weighted by Gasteiger charge is -2.35. The van der Waals surface area contributed by atoms with Crippen LogP contribution in [0.1, 0.15) is 29.1 Å². The standard InChI is InChI=1S/C24H31N5OS/c1-17-18(2)31-24-22(17)23(26-21(27-24)16-28-11-13-30-14-12-28)29-10-6-9-20(15-29)25-19-7-4-3-5-8-19/h3-5,7-8,20,25H,6,9-16H2,1-2H3. The molecule has 0 bridgehead atoms. The van der Waals surface area contributed by atoms with Gasteiger partial charge in [0.2, 0.25) is 0 Å². The van der Waals surface area contributed by atoms with E-state index < -0.39 is 0 Å². The van der Waals surface area contributed by atoms with Crippen LogP contribution >= 0.6 is 11.3 Å². The second kappa shape index (κ2) is 9.10. The van der Waals surface area contributed by atoms with E-state index in [0.29, 0.717) is 6.04 Å². The van der Waals surface area contributed by atoms with Gasteiger partial charge in [-0.15, -0.1) is 11.3 Å². The molecule has 164 valence electrons. The summed E-state index contributed by atoms with van der Waals surface area (Å²) in [5, 5.41) is 4.97. The Balaban J connectivity index is 1.44. The van der Waals surface area contributed by atoms with Gasteiger partial charge in [0.25, 0.3) is 0 Å². The second-order valence-electron chi connectivity index (χ2n) is 8.61. The highest BCUT2D eigenvalue weighted by Crippen LogP contribution is 2.36. The number of hydrogen-bond donors (Lipinski definition) is 1. The summed E-state index contributed by atoms with van der Waals surface area (Å²) in [5.74, 6) is 2.05. The molecule has 1 unspecified atom stereocenters. The lowest BCUT2D eigenvalue weighted by atomic mass is 10.0. The summed E-state index contributed by atoms with van der Waals surface area (Å²) in [6.45, 7) is 10.7. The third-order valence-corrected chi connectivity index (χ3v) is 7.49. The van der Waals surface area contributed by atoms with Crippen molar-refractivity contribution in [2.45, 2.75) is 39.3 Å². The first-order valence-corrected chi connectivity index (χ1v) is 12.1. The zero-order chi connectivity index (χ0) is 21.2. The van der Waals surface area contributed by atoms with E-state index >= 15 is 0 Å². The number of fused-ring (bicyclic) bond motifs is 1. The van der Waals surface area contributed by atoms with Gasteiger partial charge < -0.3 is 15.0 Å². The fourth-order valence-electron chi connectivity index (χ4n) is 4.59. The van der Waals surface area contributed by atoms with Gasteiger partial charge in [-0.05, 0) is 44.4 Å². The molecule has 0 saturated carbocycles. The monoisotopic (exact) mass is 437 g/mol. The molecule has 6 nitrogen and oxygen atoms in total. The highest BCUT2D eigenvalue weighted by molar-refractivity contribution is 7.18. The summed E-state index contributed by atoms with van der Waals surface area (Å²) in [7, 11) is 0. The third-order valence-electron chi connectivity index (χ3n) is 6.39. The van der Waals surface area contributed by atoms with Crippen LogP contribution in [-0.4, -0.2) is 60.3 Å². The molecular formula is C24H31N5OS. The first-order valence-electron chi connectivity index (χ1n) is 11.3. The number of aryl methyl sites for hydroxylation is 2. The maximum atomic E-state index is 5.51. The van der Waals surface area contributed by atoms with Crippen molar-refractivity contribution in [3.63, 3.8) is 0 Å². The predicted molar refractivity (Wildman–Crippen MR) is 128 cm³/mol. The molecule has 2 aliphatic rings. The van der Waals surface area contributed by atoms with Gasteiger partial charge in [-0.3, -0.25) is 4.90 Å². The van der Waals surface area contributed by atoms with E-state index in [4.69, 9.17) is 14.7 Å². The lowest BCUT2D eigenvalue weighted by Crippen LogP contribution is -2.43. The smallest absolute Gasteiger partial charge is 0.146 e. The Bertz CT molecular complexity index is 1030.